The van der Waals surface area contributed by atoms with Crippen LogP contribution < -0.4 is 10.3 Å². The van der Waals surface area contributed by atoms with E-state index in [0.29, 0.717) is 5.39 Å². The Morgan fingerprint density at radius 1 is 1.29 bits per heavy atom. The van der Waals surface area contributed by atoms with Crippen molar-refractivity contribution in [3.63, 3.8) is 0 Å². The molecule has 1 heterocycles. The maximum absolute atomic E-state index is 11.9. The molecule has 1 unspecified atom stereocenters. The normalized spacial score (nSPS) is 12.6. The largest absolute Gasteiger partial charge is 0.490 e. The molecular weight excluding hydrogens is 214 g/mol. The van der Waals surface area contributed by atoms with Gasteiger partial charge < -0.3 is 9.30 Å². The third kappa shape index (κ3) is 2.18. The van der Waals surface area contributed by atoms with E-state index in [2.05, 4.69) is 6.92 Å². The van der Waals surface area contributed by atoms with Crippen molar-refractivity contribution in [2.75, 3.05) is 0 Å². The van der Waals surface area contributed by atoms with Crippen LogP contribution in [0.4, 0.5) is 0 Å². The number of nitrogens with zero attached hydrogens (tertiary/aromatic N) is 1. The molecule has 2 rings (SSSR count). The van der Waals surface area contributed by atoms with Gasteiger partial charge in [0, 0.05) is 18.6 Å². The standard InChI is InChI=1S/C14H17NO2/c1-4-10(2)17-13-7-5-6-12-11(13)8-9-15(3)14(12)16/h5-10H,4H2,1-3H3. The fourth-order valence-corrected chi connectivity index (χ4v) is 1.75. The second kappa shape index (κ2) is 4.62. The van der Waals surface area contributed by atoms with E-state index in [4.69, 9.17) is 4.74 Å². The molecule has 0 N–H and O–H groups in total. The van der Waals surface area contributed by atoms with E-state index in [1.165, 1.54) is 0 Å². The summed E-state index contributed by atoms with van der Waals surface area (Å²) < 4.78 is 7.40. The summed E-state index contributed by atoms with van der Waals surface area (Å²) in [6, 6.07) is 7.53. The molecule has 3 nitrogen and oxygen atoms in total. The maximum Gasteiger partial charge on any atom is 0.258 e. The molecule has 2 aromatic rings. The van der Waals surface area contributed by atoms with E-state index in [1.807, 2.05) is 31.2 Å². The van der Waals surface area contributed by atoms with Crippen molar-refractivity contribution in [1.29, 1.82) is 0 Å². The lowest BCUT2D eigenvalue weighted by atomic mass is 10.1. The fourth-order valence-electron chi connectivity index (χ4n) is 1.75. The first-order valence-electron chi connectivity index (χ1n) is 5.88. The number of hydrogen-bond acceptors (Lipinski definition) is 2. The molecule has 0 bridgehead atoms. The number of pyridine rings is 1. The van der Waals surface area contributed by atoms with Crippen molar-refractivity contribution in [2.24, 2.45) is 7.05 Å². The quantitative estimate of drug-likeness (QED) is 0.813. The second-order valence-electron chi connectivity index (χ2n) is 4.29. The summed E-state index contributed by atoms with van der Waals surface area (Å²) in [4.78, 5) is 11.9. The van der Waals surface area contributed by atoms with Gasteiger partial charge in [-0.05, 0) is 31.5 Å². The highest BCUT2D eigenvalue weighted by molar-refractivity contribution is 5.87. The Kier molecular flexibility index (Phi) is 3.18. The molecule has 0 amide bonds. The van der Waals surface area contributed by atoms with Crippen LogP contribution in [0.3, 0.4) is 0 Å². The highest BCUT2D eigenvalue weighted by atomic mass is 16.5. The lowest BCUT2D eigenvalue weighted by Crippen LogP contribution is -2.16. The molecule has 17 heavy (non-hydrogen) atoms. The molecule has 0 spiro atoms. The Morgan fingerprint density at radius 3 is 2.76 bits per heavy atom. The average molecular weight is 231 g/mol. The SMILES string of the molecule is CCC(C)Oc1cccc2c(=O)n(C)ccc12. The molecule has 0 aliphatic carbocycles. The van der Waals surface area contributed by atoms with Crippen LogP contribution in [-0.4, -0.2) is 10.7 Å². The van der Waals surface area contributed by atoms with E-state index < -0.39 is 0 Å². The number of fused-ring (bicyclic) bond motifs is 1. The van der Waals surface area contributed by atoms with Crippen molar-refractivity contribution in [2.45, 2.75) is 26.4 Å². The van der Waals surface area contributed by atoms with Gasteiger partial charge in [-0.1, -0.05) is 13.0 Å². The lowest BCUT2D eigenvalue weighted by Gasteiger charge is -2.14. The van der Waals surface area contributed by atoms with Crippen molar-refractivity contribution in [3.8, 4) is 5.75 Å². The Morgan fingerprint density at radius 2 is 2.06 bits per heavy atom. The zero-order chi connectivity index (χ0) is 12.4. The number of aromatic nitrogens is 1. The van der Waals surface area contributed by atoms with Crippen LogP contribution in [0, 0.1) is 0 Å². The molecule has 0 aliphatic rings. The first-order valence-corrected chi connectivity index (χ1v) is 5.88. The van der Waals surface area contributed by atoms with E-state index >= 15 is 0 Å². The monoisotopic (exact) mass is 231 g/mol. The first kappa shape index (κ1) is 11.7. The number of ether oxygens (including phenoxy) is 1. The fraction of sp³-hybridized carbons (Fsp3) is 0.357. The van der Waals surface area contributed by atoms with Crippen LogP contribution in [0.15, 0.2) is 35.3 Å². The predicted molar refractivity (Wildman–Crippen MR) is 69.6 cm³/mol. The van der Waals surface area contributed by atoms with Crippen LogP contribution in [-0.2, 0) is 7.05 Å². The predicted octanol–water partition coefficient (Wildman–Crippen LogP) is 2.72. The molecule has 0 fully saturated rings. The smallest absolute Gasteiger partial charge is 0.258 e. The highest BCUT2D eigenvalue weighted by Gasteiger charge is 2.08. The van der Waals surface area contributed by atoms with Crippen LogP contribution in [0.2, 0.25) is 0 Å². The molecule has 1 aromatic heterocycles. The van der Waals surface area contributed by atoms with Gasteiger partial charge in [-0.2, -0.15) is 0 Å². The number of rotatable bonds is 3. The highest BCUT2D eigenvalue weighted by Crippen LogP contribution is 2.24. The topological polar surface area (TPSA) is 31.2 Å². The van der Waals surface area contributed by atoms with E-state index in [-0.39, 0.29) is 11.7 Å². The Hall–Kier alpha value is -1.77. The molecule has 3 heteroatoms. The van der Waals surface area contributed by atoms with Gasteiger partial charge in [0.15, 0.2) is 0 Å². The van der Waals surface area contributed by atoms with Crippen LogP contribution in [0.5, 0.6) is 5.75 Å². The summed E-state index contributed by atoms with van der Waals surface area (Å²) in [7, 11) is 1.75. The summed E-state index contributed by atoms with van der Waals surface area (Å²) in [6.45, 7) is 4.11. The minimum absolute atomic E-state index is 0.0112. The molecule has 1 atom stereocenters. The van der Waals surface area contributed by atoms with Gasteiger partial charge in [0.05, 0.1) is 11.5 Å². The Balaban J connectivity index is 2.59. The zero-order valence-corrected chi connectivity index (χ0v) is 10.4. The molecule has 0 aliphatic heterocycles. The lowest BCUT2D eigenvalue weighted by molar-refractivity contribution is 0.220. The molecule has 90 valence electrons. The van der Waals surface area contributed by atoms with E-state index in [9.17, 15) is 4.79 Å². The van der Waals surface area contributed by atoms with Gasteiger partial charge in [-0.3, -0.25) is 4.79 Å². The molecular formula is C14H17NO2. The van der Waals surface area contributed by atoms with E-state index in [0.717, 1.165) is 17.6 Å². The van der Waals surface area contributed by atoms with Gasteiger partial charge in [0.2, 0.25) is 0 Å². The minimum Gasteiger partial charge on any atom is -0.490 e. The summed E-state index contributed by atoms with van der Waals surface area (Å²) in [5, 5.41) is 1.59. The Labute approximate surface area is 101 Å². The van der Waals surface area contributed by atoms with Crippen molar-refractivity contribution < 1.29 is 4.74 Å². The van der Waals surface area contributed by atoms with Gasteiger partial charge in [0.25, 0.3) is 5.56 Å². The number of hydrogen-bond donors (Lipinski definition) is 0. The van der Waals surface area contributed by atoms with Crippen molar-refractivity contribution in [1.82, 2.24) is 4.57 Å². The molecule has 0 saturated heterocycles. The summed E-state index contributed by atoms with van der Waals surface area (Å²) in [5.41, 5.74) is 0.0112. The number of benzene rings is 1. The van der Waals surface area contributed by atoms with Crippen molar-refractivity contribution in [3.05, 3.63) is 40.8 Å². The van der Waals surface area contributed by atoms with E-state index in [1.54, 1.807) is 17.8 Å². The molecule has 0 saturated carbocycles. The third-order valence-electron chi connectivity index (χ3n) is 2.98. The van der Waals surface area contributed by atoms with Crippen LogP contribution in [0.1, 0.15) is 20.3 Å². The summed E-state index contributed by atoms with van der Waals surface area (Å²) in [6.07, 6.45) is 2.87. The number of aryl methyl sites for hydroxylation is 1. The summed E-state index contributed by atoms with van der Waals surface area (Å²) >= 11 is 0. The Bertz CT molecular complexity index is 586. The average Bonchev–Trinajstić information content (AvgIpc) is 2.34. The first-order chi connectivity index (χ1) is 8.13. The molecule has 1 aromatic carbocycles. The third-order valence-corrected chi connectivity index (χ3v) is 2.98. The van der Waals surface area contributed by atoms with Gasteiger partial charge in [0.1, 0.15) is 5.75 Å². The maximum atomic E-state index is 11.9. The second-order valence-corrected chi connectivity index (χ2v) is 4.29. The van der Waals surface area contributed by atoms with Gasteiger partial charge in [-0.25, -0.2) is 0 Å². The summed E-state index contributed by atoms with van der Waals surface area (Å²) in [5.74, 6) is 0.787. The van der Waals surface area contributed by atoms with Crippen LogP contribution in [0.25, 0.3) is 10.8 Å². The van der Waals surface area contributed by atoms with Gasteiger partial charge >= 0.3 is 0 Å². The van der Waals surface area contributed by atoms with Crippen molar-refractivity contribution >= 4 is 10.8 Å². The van der Waals surface area contributed by atoms with Gasteiger partial charge in [-0.15, -0.1) is 0 Å². The molecule has 0 radical (unpaired) electrons. The van der Waals surface area contributed by atoms with Crippen LogP contribution >= 0.6 is 0 Å². The minimum atomic E-state index is 0.0112. The zero-order valence-electron chi connectivity index (χ0n) is 10.4.